The van der Waals surface area contributed by atoms with Gasteiger partial charge in [-0.2, -0.15) is 0 Å². The van der Waals surface area contributed by atoms with Gasteiger partial charge in [0.25, 0.3) is 0 Å². The van der Waals surface area contributed by atoms with Crippen molar-refractivity contribution in [3.05, 3.63) is 12.2 Å². The normalized spacial score (nSPS) is 11.3. The average molecular weight is 397 g/mol. The number of unbranched alkanes of at least 4 members (excludes halogenated alkanes) is 13. The van der Waals surface area contributed by atoms with Gasteiger partial charge in [-0.05, 0) is 12.3 Å². The van der Waals surface area contributed by atoms with E-state index in [2.05, 4.69) is 6.92 Å². The molecule has 0 saturated carbocycles. The van der Waals surface area contributed by atoms with Gasteiger partial charge < -0.3 is 9.47 Å². The van der Waals surface area contributed by atoms with Gasteiger partial charge in [-0.3, -0.25) is 0 Å². The van der Waals surface area contributed by atoms with Crippen molar-refractivity contribution >= 4 is 11.9 Å². The molecule has 0 aromatic rings. The van der Waals surface area contributed by atoms with Gasteiger partial charge in [-0.25, -0.2) is 9.59 Å². The molecule has 0 aliphatic rings. The van der Waals surface area contributed by atoms with E-state index >= 15 is 0 Å². The molecule has 0 N–H and O–H groups in total. The zero-order valence-corrected chi connectivity index (χ0v) is 18.7. The Balaban J connectivity index is 3.32. The molecule has 0 atom stereocenters. The van der Waals surface area contributed by atoms with Gasteiger partial charge >= 0.3 is 11.9 Å². The van der Waals surface area contributed by atoms with E-state index < -0.39 is 11.9 Å². The summed E-state index contributed by atoms with van der Waals surface area (Å²) in [4.78, 5) is 22.9. The maximum Gasteiger partial charge on any atom is 0.331 e. The number of ether oxygens (including phenoxy) is 2. The molecular formula is C24H44O4. The van der Waals surface area contributed by atoms with Crippen molar-refractivity contribution in [1.82, 2.24) is 0 Å². The predicted molar refractivity (Wildman–Crippen MR) is 116 cm³/mol. The Morgan fingerprint density at radius 3 is 1.46 bits per heavy atom. The van der Waals surface area contributed by atoms with E-state index in [0.29, 0.717) is 13.2 Å². The number of hydrogen-bond donors (Lipinski definition) is 0. The summed E-state index contributed by atoms with van der Waals surface area (Å²) in [6.45, 7) is 6.96. The van der Waals surface area contributed by atoms with Crippen molar-refractivity contribution < 1.29 is 19.1 Å². The molecule has 0 aliphatic carbocycles. The number of hydrogen-bond acceptors (Lipinski definition) is 4. The third kappa shape index (κ3) is 21.0. The molecule has 28 heavy (non-hydrogen) atoms. The van der Waals surface area contributed by atoms with Crippen LogP contribution in [-0.2, 0) is 19.1 Å². The molecule has 0 spiro atoms. The van der Waals surface area contributed by atoms with Crippen LogP contribution in [0.15, 0.2) is 12.2 Å². The predicted octanol–water partition coefficient (Wildman–Crippen LogP) is 6.77. The Kier molecular flexibility index (Phi) is 19.5. The van der Waals surface area contributed by atoms with Gasteiger partial charge in [0.15, 0.2) is 0 Å². The van der Waals surface area contributed by atoms with Crippen molar-refractivity contribution in [3.8, 4) is 0 Å². The van der Waals surface area contributed by atoms with Gasteiger partial charge in [0.05, 0.1) is 13.2 Å². The van der Waals surface area contributed by atoms with Gasteiger partial charge in [-0.1, -0.05) is 104 Å². The Morgan fingerprint density at radius 2 is 1.04 bits per heavy atom. The first-order valence-electron chi connectivity index (χ1n) is 11.6. The maximum absolute atomic E-state index is 11.5. The van der Waals surface area contributed by atoms with E-state index in [1.807, 2.05) is 13.8 Å². The van der Waals surface area contributed by atoms with Crippen LogP contribution >= 0.6 is 0 Å². The molecule has 0 heterocycles. The lowest BCUT2D eigenvalue weighted by Gasteiger charge is -2.04. The summed E-state index contributed by atoms with van der Waals surface area (Å²) in [5, 5.41) is 0. The van der Waals surface area contributed by atoms with E-state index in [-0.39, 0.29) is 5.92 Å². The summed E-state index contributed by atoms with van der Waals surface area (Å²) in [7, 11) is 0. The van der Waals surface area contributed by atoms with E-state index in [9.17, 15) is 9.59 Å². The highest BCUT2D eigenvalue weighted by Crippen LogP contribution is 2.12. The topological polar surface area (TPSA) is 52.6 Å². The summed E-state index contributed by atoms with van der Waals surface area (Å²) < 4.78 is 10.0. The maximum atomic E-state index is 11.5. The molecule has 4 heteroatoms. The largest absolute Gasteiger partial charge is 0.463 e. The summed E-state index contributed by atoms with van der Waals surface area (Å²) in [6, 6.07) is 0. The molecular weight excluding hydrogens is 352 g/mol. The highest BCUT2D eigenvalue weighted by molar-refractivity contribution is 5.91. The molecule has 164 valence electrons. The van der Waals surface area contributed by atoms with Gasteiger partial charge in [0.2, 0.25) is 0 Å². The summed E-state index contributed by atoms with van der Waals surface area (Å²) in [5.74, 6) is -0.692. The minimum atomic E-state index is -0.498. The molecule has 0 aliphatic heterocycles. The van der Waals surface area contributed by atoms with E-state index in [0.717, 1.165) is 25.0 Å². The molecule has 0 aromatic carbocycles. The van der Waals surface area contributed by atoms with E-state index in [1.54, 1.807) is 0 Å². The highest BCUT2D eigenvalue weighted by Gasteiger charge is 2.02. The fourth-order valence-electron chi connectivity index (χ4n) is 2.95. The van der Waals surface area contributed by atoms with Crippen LogP contribution in [0.25, 0.3) is 0 Å². The molecule has 0 aromatic heterocycles. The molecule has 0 radical (unpaired) electrons. The summed E-state index contributed by atoms with van der Waals surface area (Å²) in [5.41, 5.74) is 0. The number of carbonyl (C=O) groups excluding carboxylic acids is 2. The van der Waals surface area contributed by atoms with Crippen LogP contribution < -0.4 is 0 Å². The summed E-state index contributed by atoms with van der Waals surface area (Å²) in [6.07, 6.45) is 20.5. The van der Waals surface area contributed by atoms with Crippen LogP contribution in [0.1, 0.15) is 111 Å². The third-order valence-corrected chi connectivity index (χ3v) is 4.66. The molecule has 4 nitrogen and oxygen atoms in total. The van der Waals surface area contributed by atoms with Crippen LogP contribution in [0.2, 0.25) is 0 Å². The van der Waals surface area contributed by atoms with Gasteiger partial charge in [0.1, 0.15) is 0 Å². The molecule has 0 saturated heterocycles. The number of carbonyl (C=O) groups is 2. The SMILES string of the molecule is CCCCCCCCCCCCCCCCOC(=O)/C=C/C(=O)OCC(C)C. The Morgan fingerprint density at radius 1 is 0.643 bits per heavy atom. The first-order chi connectivity index (χ1) is 13.6. The van der Waals surface area contributed by atoms with E-state index in [1.165, 1.54) is 77.0 Å². The second-order valence-electron chi connectivity index (χ2n) is 8.12. The van der Waals surface area contributed by atoms with Crippen LogP contribution in [-0.4, -0.2) is 25.2 Å². The summed E-state index contributed by atoms with van der Waals surface area (Å²) >= 11 is 0. The van der Waals surface area contributed by atoms with Gasteiger partial charge in [-0.15, -0.1) is 0 Å². The van der Waals surface area contributed by atoms with Gasteiger partial charge in [0, 0.05) is 12.2 Å². The first kappa shape index (κ1) is 26.7. The highest BCUT2D eigenvalue weighted by atomic mass is 16.5. The molecule has 0 amide bonds. The lowest BCUT2D eigenvalue weighted by atomic mass is 10.0. The van der Waals surface area contributed by atoms with Crippen LogP contribution in [0.4, 0.5) is 0 Å². The van der Waals surface area contributed by atoms with Crippen molar-refractivity contribution in [2.75, 3.05) is 13.2 Å². The van der Waals surface area contributed by atoms with Crippen molar-refractivity contribution in [2.24, 2.45) is 5.92 Å². The quantitative estimate of drug-likeness (QED) is 0.137. The Labute approximate surface area is 173 Å². The van der Waals surface area contributed by atoms with E-state index in [4.69, 9.17) is 9.47 Å². The van der Waals surface area contributed by atoms with Crippen LogP contribution in [0, 0.1) is 5.92 Å². The molecule has 0 bridgehead atoms. The molecule has 0 rings (SSSR count). The molecule has 0 unspecified atom stereocenters. The Hall–Kier alpha value is -1.32. The van der Waals surface area contributed by atoms with Crippen molar-refractivity contribution in [3.63, 3.8) is 0 Å². The fraction of sp³-hybridized carbons (Fsp3) is 0.833. The smallest absolute Gasteiger partial charge is 0.331 e. The molecule has 0 fully saturated rings. The van der Waals surface area contributed by atoms with Crippen molar-refractivity contribution in [1.29, 1.82) is 0 Å². The second-order valence-corrected chi connectivity index (χ2v) is 8.12. The lowest BCUT2D eigenvalue weighted by Crippen LogP contribution is -2.08. The fourth-order valence-corrected chi connectivity index (χ4v) is 2.95. The zero-order valence-electron chi connectivity index (χ0n) is 18.7. The minimum Gasteiger partial charge on any atom is -0.463 e. The monoisotopic (exact) mass is 396 g/mol. The van der Waals surface area contributed by atoms with Crippen LogP contribution in [0.5, 0.6) is 0 Å². The minimum absolute atomic E-state index is 0.282. The number of esters is 2. The first-order valence-corrected chi connectivity index (χ1v) is 11.6. The van der Waals surface area contributed by atoms with Crippen molar-refractivity contribution in [2.45, 2.75) is 111 Å². The second kappa shape index (κ2) is 20.4. The van der Waals surface area contributed by atoms with Crippen LogP contribution in [0.3, 0.4) is 0 Å². The third-order valence-electron chi connectivity index (χ3n) is 4.66. The Bertz CT molecular complexity index is 401. The average Bonchev–Trinajstić information content (AvgIpc) is 2.67. The standard InChI is InChI=1S/C24H44O4/c1-4-5-6-7-8-9-10-11-12-13-14-15-16-17-20-27-23(25)18-19-24(26)28-21-22(2)3/h18-19,22H,4-17,20-21H2,1-3H3/b19-18+. The number of rotatable bonds is 19. The zero-order chi connectivity index (χ0) is 20.9. The lowest BCUT2D eigenvalue weighted by molar-refractivity contribution is -0.141.